The number of carbonyl (C=O) groups excluding carboxylic acids is 2. The quantitative estimate of drug-likeness (QED) is 0.807. The Morgan fingerprint density at radius 2 is 2.08 bits per heavy atom. The second kappa shape index (κ2) is 5.62. The highest BCUT2D eigenvalue weighted by molar-refractivity contribution is 6.01. The summed E-state index contributed by atoms with van der Waals surface area (Å²) in [6, 6.07) is 0. The molecule has 4 heteroatoms. The lowest BCUT2D eigenvalue weighted by Gasteiger charge is -2.59. The Balaban J connectivity index is 1.76. The molecule has 7 atom stereocenters. The number of Topliss-reactive ketones (excluding diaryl/α,β-unsaturated/α-hetero) is 1. The number of hydrogen-bond acceptors (Lipinski definition) is 4. The molecule has 4 aliphatic rings. The lowest BCUT2D eigenvalue weighted by Crippen LogP contribution is -2.58. The van der Waals surface area contributed by atoms with Crippen molar-refractivity contribution in [2.24, 2.45) is 34.5 Å². The lowest BCUT2D eigenvalue weighted by atomic mass is 9.46. The van der Waals surface area contributed by atoms with Crippen molar-refractivity contribution in [3.05, 3.63) is 23.8 Å². The summed E-state index contributed by atoms with van der Waals surface area (Å²) in [7, 11) is 0. The van der Waals surface area contributed by atoms with E-state index in [9.17, 15) is 19.8 Å². The van der Waals surface area contributed by atoms with E-state index >= 15 is 0 Å². The molecule has 3 fully saturated rings. The van der Waals surface area contributed by atoms with Gasteiger partial charge in [0.15, 0.2) is 5.78 Å². The van der Waals surface area contributed by atoms with Gasteiger partial charge in [-0.1, -0.05) is 18.6 Å². The molecule has 0 aromatic rings. The molecule has 25 heavy (non-hydrogen) atoms. The number of fused-ring (bicyclic) bond motifs is 5. The number of aliphatic hydroxyl groups is 2. The second-order valence-corrected chi connectivity index (χ2v) is 8.96. The highest BCUT2D eigenvalue weighted by atomic mass is 16.3. The molecule has 0 amide bonds. The summed E-state index contributed by atoms with van der Waals surface area (Å²) in [5.74, 6) is 0.896. The number of aliphatic hydroxyl groups excluding tert-OH is 2. The van der Waals surface area contributed by atoms with Crippen molar-refractivity contribution in [1.29, 1.82) is 0 Å². The summed E-state index contributed by atoms with van der Waals surface area (Å²) in [6.45, 7) is 3.80. The first-order valence-electron chi connectivity index (χ1n) is 9.57. The maximum atomic E-state index is 12.2. The van der Waals surface area contributed by atoms with Gasteiger partial charge in [0, 0.05) is 17.3 Å². The van der Waals surface area contributed by atoms with Crippen molar-refractivity contribution in [3.8, 4) is 0 Å². The third kappa shape index (κ3) is 2.20. The predicted octanol–water partition coefficient (Wildman–Crippen LogP) is 2.44. The van der Waals surface area contributed by atoms with Crippen molar-refractivity contribution < 1.29 is 19.8 Å². The summed E-state index contributed by atoms with van der Waals surface area (Å²) in [5.41, 5.74) is 0.234. The monoisotopic (exact) mass is 344 g/mol. The number of carbonyl (C=O) groups is 2. The third-order valence-corrected chi connectivity index (χ3v) is 8.00. The van der Waals surface area contributed by atoms with E-state index in [2.05, 4.69) is 6.92 Å². The first-order valence-corrected chi connectivity index (χ1v) is 9.57. The van der Waals surface area contributed by atoms with Crippen LogP contribution in [-0.2, 0) is 9.59 Å². The fourth-order valence-corrected chi connectivity index (χ4v) is 7.05. The van der Waals surface area contributed by atoms with Gasteiger partial charge >= 0.3 is 0 Å². The average molecular weight is 344 g/mol. The largest absolute Gasteiger partial charge is 0.395 e. The Hall–Kier alpha value is -1.26. The van der Waals surface area contributed by atoms with E-state index in [1.807, 2.05) is 6.08 Å². The third-order valence-electron chi connectivity index (χ3n) is 8.00. The molecular weight excluding hydrogens is 316 g/mol. The zero-order valence-corrected chi connectivity index (χ0v) is 15.1. The van der Waals surface area contributed by atoms with E-state index in [-0.39, 0.29) is 35.4 Å². The van der Waals surface area contributed by atoms with E-state index < -0.39 is 11.5 Å². The Labute approximate surface area is 149 Å². The minimum absolute atomic E-state index is 0.0230. The topological polar surface area (TPSA) is 74.6 Å². The van der Waals surface area contributed by atoms with Crippen molar-refractivity contribution in [1.82, 2.24) is 0 Å². The zero-order chi connectivity index (χ0) is 18.0. The van der Waals surface area contributed by atoms with Gasteiger partial charge in [-0.3, -0.25) is 9.59 Å². The average Bonchev–Trinajstić information content (AvgIpc) is 2.91. The van der Waals surface area contributed by atoms with E-state index in [1.54, 1.807) is 19.1 Å². The molecule has 0 spiro atoms. The molecule has 136 valence electrons. The molecule has 0 radical (unpaired) electrons. The van der Waals surface area contributed by atoms with Gasteiger partial charge < -0.3 is 10.2 Å². The van der Waals surface area contributed by atoms with E-state index in [4.69, 9.17) is 0 Å². The number of hydrogen-bond donors (Lipinski definition) is 2. The van der Waals surface area contributed by atoms with Crippen molar-refractivity contribution >= 4 is 11.6 Å². The summed E-state index contributed by atoms with van der Waals surface area (Å²) in [6.07, 6.45) is 8.79. The normalized spacial score (nSPS) is 48.4. The van der Waals surface area contributed by atoms with Crippen LogP contribution in [0.4, 0.5) is 0 Å². The first-order chi connectivity index (χ1) is 11.8. The molecule has 3 saturated carbocycles. The molecule has 0 aromatic carbocycles. The summed E-state index contributed by atoms with van der Waals surface area (Å²) in [5, 5.41) is 21.4. The molecular formula is C21H28O4. The minimum Gasteiger partial charge on any atom is -0.395 e. The molecule has 4 nitrogen and oxygen atoms in total. The van der Waals surface area contributed by atoms with Crippen molar-refractivity contribution in [2.75, 3.05) is 6.61 Å². The fraction of sp³-hybridized carbons (Fsp3) is 0.714. The standard InChI is InChI=1S/C21H28O4/c1-12(23)16-5-6-17-15-4-3-13-9-14(24)7-8-21(13,11-22)19(15)18(25)10-20(16,17)2/h7-9,15-19,22,25H,3-6,10-11H2,1-2H3/t15-,16+,17-,18?,19+,20+,21+/m0/s1. The molecule has 0 saturated heterocycles. The van der Waals surface area contributed by atoms with E-state index in [1.165, 1.54) is 0 Å². The molecule has 0 bridgehead atoms. The first kappa shape index (κ1) is 17.2. The Kier molecular flexibility index (Phi) is 3.86. The lowest BCUT2D eigenvalue weighted by molar-refractivity contribution is -0.141. The summed E-state index contributed by atoms with van der Waals surface area (Å²) < 4.78 is 0. The van der Waals surface area contributed by atoms with Crippen LogP contribution in [0.15, 0.2) is 23.8 Å². The SMILES string of the molecule is CC(=O)[C@H]1CC[C@H]2[C@@H]3CCC4=CC(=O)C=C[C@]4(CO)[C@H]3C(O)C[C@]12C. The van der Waals surface area contributed by atoms with Crippen LogP contribution in [0, 0.1) is 34.5 Å². The zero-order valence-electron chi connectivity index (χ0n) is 15.1. The van der Waals surface area contributed by atoms with Crippen LogP contribution in [0.2, 0.25) is 0 Å². The van der Waals surface area contributed by atoms with Crippen molar-refractivity contribution in [2.45, 2.75) is 52.1 Å². The molecule has 4 rings (SSSR count). The maximum Gasteiger partial charge on any atom is 0.178 e. The number of allylic oxidation sites excluding steroid dienone is 2. The maximum absolute atomic E-state index is 12.2. The Morgan fingerprint density at radius 1 is 1.32 bits per heavy atom. The predicted molar refractivity (Wildman–Crippen MR) is 93.6 cm³/mol. The molecule has 4 aliphatic carbocycles. The highest BCUT2D eigenvalue weighted by Crippen LogP contribution is 2.66. The van der Waals surface area contributed by atoms with Crippen LogP contribution in [0.5, 0.6) is 0 Å². The van der Waals surface area contributed by atoms with Crippen LogP contribution in [0.25, 0.3) is 0 Å². The van der Waals surface area contributed by atoms with Gasteiger partial charge in [0.2, 0.25) is 0 Å². The smallest absolute Gasteiger partial charge is 0.178 e. The number of rotatable bonds is 2. The molecule has 2 N–H and O–H groups in total. The van der Waals surface area contributed by atoms with Gasteiger partial charge in [-0.25, -0.2) is 0 Å². The molecule has 0 aliphatic heterocycles. The Morgan fingerprint density at radius 3 is 2.76 bits per heavy atom. The van der Waals surface area contributed by atoms with Crippen LogP contribution >= 0.6 is 0 Å². The van der Waals surface area contributed by atoms with Crippen LogP contribution in [0.3, 0.4) is 0 Å². The minimum atomic E-state index is -0.605. The van der Waals surface area contributed by atoms with E-state index in [0.29, 0.717) is 18.3 Å². The van der Waals surface area contributed by atoms with Crippen LogP contribution in [0.1, 0.15) is 46.0 Å². The molecule has 1 unspecified atom stereocenters. The highest BCUT2D eigenvalue weighted by Gasteiger charge is 2.63. The van der Waals surface area contributed by atoms with Crippen LogP contribution in [-0.4, -0.2) is 34.5 Å². The number of ketones is 2. The molecule has 0 heterocycles. The molecule has 0 aromatic heterocycles. The van der Waals surface area contributed by atoms with Gasteiger partial charge in [0.05, 0.1) is 12.7 Å². The van der Waals surface area contributed by atoms with Crippen LogP contribution < -0.4 is 0 Å². The van der Waals surface area contributed by atoms with Gasteiger partial charge in [0.1, 0.15) is 5.78 Å². The van der Waals surface area contributed by atoms with Gasteiger partial charge in [-0.05, 0) is 68.4 Å². The van der Waals surface area contributed by atoms with E-state index in [0.717, 1.165) is 31.3 Å². The summed E-state index contributed by atoms with van der Waals surface area (Å²) in [4.78, 5) is 24.0. The van der Waals surface area contributed by atoms with Gasteiger partial charge in [-0.15, -0.1) is 0 Å². The summed E-state index contributed by atoms with van der Waals surface area (Å²) >= 11 is 0. The fourth-order valence-electron chi connectivity index (χ4n) is 7.05. The van der Waals surface area contributed by atoms with Crippen molar-refractivity contribution in [3.63, 3.8) is 0 Å². The van der Waals surface area contributed by atoms with Gasteiger partial charge in [-0.2, -0.15) is 0 Å². The Bertz CT molecular complexity index is 677. The second-order valence-electron chi connectivity index (χ2n) is 8.96. The van der Waals surface area contributed by atoms with Gasteiger partial charge in [0.25, 0.3) is 0 Å².